The van der Waals surface area contributed by atoms with Crippen LogP contribution in [0, 0.1) is 0 Å². The fourth-order valence-corrected chi connectivity index (χ4v) is 1.68. The Bertz CT molecular complexity index is 429. The Hall–Kier alpha value is -1.36. The van der Waals surface area contributed by atoms with Gasteiger partial charge in [-0.15, -0.1) is 0 Å². The number of esters is 2. The molecule has 0 N–H and O–H groups in total. The van der Waals surface area contributed by atoms with Crippen molar-refractivity contribution in [3.8, 4) is 0 Å². The topological polar surface area (TPSA) is 52.6 Å². The van der Waals surface area contributed by atoms with Crippen LogP contribution in [-0.2, 0) is 20.9 Å². The van der Waals surface area contributed by atoms with E-state index >= 15 is 0 Å². The Morgan fingerprint density at radius 3 is 2.59 bits per heavy atom. The molecule has 1 rings (SSSR count). The SMILES string of the molecule is CCOC(=O)c1ccc(Br)cc1COC(C)=O. The first-order valence-electron chi connectivity index (χ1n) is 5.13. The highest BCUT2D eigenvalue weighted by Gasteiger charge is 2.13. The number of hydrogen-bond donors (Lipinski definition) is 0. The number of carbonyl (C=O) groups excluding carboxylic acids is 2. The number of benzene rings is 1. The van der Waals surface area contributed by atoms with E-state index < -0.39 is 5.97 Å². The Kier molecular flexibility index (Phi) is 5.15. The summed E-state index contributed by atoms with van der Waals surface area (Å²) >= 11 is 3.30. The molecule has 0 fully saturated rings. The molecule has 0 saturated heterocycles. The Morgan fingerprint density at radius 2 is 2.00 bits per heavy atom. The summed E-state index contributed by atoms with van der Waals surface area (Å²) in [6, 6.07) is 5.11. The van der Waals surface area contributed by atoms with Gasteiger partial charge < -0.3 is 9.47 Å². The minimum atomic E-state index is -0.415. The van der Waals surface area contributed by atoms with Gasteiger partial charge in [-0.05, 0) is 25.1 Å². The molecule has 92 valence electrons. The zero-order chi connectivity index (χ0) is 12.8. The van der Waals surface area contributed by atoms with Gasteiger partial charge >= 0.3 is 11.9 Å². The van der Waals surface area contributed by atoms with Crippen molar-refractivity contribution in [1.29, 1.82) is 0 Å². The van der Waals surface area contributed by atoms with Gasteiger partial charge in [0.25, 0.3) is 0 Å². The lowest BCUT2D eigenvalue weighted by Crippen LogP contribution is -2.10. The van der Waals surface area contributed by atoms with Crippen LogP contribution in [0.1, 0.15) is 29.8 Å². The summed E-state index contributed by atoms with van der Waals surface area (Å²) in [7, 11) is 0. The van der Waals surface area contributed by atoms with Crippen molar-refractivity contribution < 1.29 is 19.1 Å². The number of carbonyl (C=O) groups is 2. The second-order valence-electron chi connectivity index (χ2n) is 3.30. The predicted molar refractivity (Wildman–Crippen MR) is 65.6 cm³/mol. The molecule has 0 bridgehead atoms. The molecular weight excluding hydrogens is 288 g/mol. The minimum Gasteiger partial charge on any atom is -0.462 e. The van der Waals surface area contributed by atoms with Crippen molar-refractivity contribution >= 4 is 27.9 Å². The monoisotopic (exact) mass is 300 g/mol. The van der Waals surface area contributed by atoms with Crippen LogP contribution in [0.4, 0.5) is 0 Å². The van der Waals surface area contributed by atoms with E-state index in [0.717, 1.165) is 4.47 Å². The largest absolute Gasteiger partial charge is 0.462 e. The highest BCUT2D eigenvalue weighted by atomic mass is 79.9. The zero-order valence-corrected chi connectivity index (χ0v) is 11.2. The van der Waals surface area contributed by atoms with Crippen LogP contribution < -0.4 is 0 Å². The summed E-state index contributed by atoms with van der Waals surface area (Å²) in [5.41, 5.74) is 1.03. The van der Waals surface area contributed by atoms with Crippen LogP contribution in [0.2, 0.25) is 0 Å². The van der Waals surface area contributed by atoms with Gasteiger partial charge in [-0.25, -0.2) is 4.79 Å². The van der Waals surface area contributed by atoms with Crippen molar-refractivity contribution in [2.75, 3.05) is 6.61 Å². The van der Waals surface area contributed by atoms with Crippen LogP contribution in [0.25, 0.3) is 0 Å². The van der Waals surface area contributed by atoms with E-state index in [4.69, 9.17) is 9.47 Å². The van der Waals surface area contributed by atoms with Crippen LogP contribution in [0.3, 0.4) is 0 Å². The van der Waals surface area contributed by atoms with Gasteiger partial charge in [-0.2, -0.15) is 0 Å². The van der Waals surface area contributed by atoms with Crippen molar-refractivity contribution in [2.45, 2.75) is 20.5 Å². The zero-order valence-electron chi connectivity index (χ0n) is 9.66. The maximum absolute atomic E-state index is 11.6. The third kappa shape index (κ3) is 4.19. The van der Waals surface area contributed by atoms with E-state index in [1.165, 1.54) is 6.92 Å². The van der Waals surface area contributed by atoms with Crippen LogP contribution in [-0.4, -0.2) is 18.5 Å². The summed E-state index contributed by atoms with van der Waals surface area (Å²) in [4.78, 5) is 22.4. The third-order valence-corrected chi connectivity index (χ3v) is 2.49. The van der Waals surface area contributed by atoms with Gasteiger partial charge in [0.15, 0.2) is 0 Å². The first-order valence-corrected chi connectivity index (χ1v) is 5.92. The lowest BCUT2D eigenvalue weighted by molar-refractivity contribution is -0.142. The third-order valence-electron chi connectivity index (χ3n) is 1.99. The molecule has 5 heteroatoms. The molecule has 0 heterocycles. The molecule has 0 aliphatic heterocycles. The van der Waals surface area contributed by atoms with Crippen LogP contribution in [0.15, 0.2) is 22.7 Å². The first-order chi connectivity index (χ1) is 8.04. The smallest absolute Gasteiger partial charge is 0.338 e. The highest BCUT2D eigenvalue weighted by molar-refractivity contribution is 9.10. The molecule has 4 nitrogen and oxygen atoms in total. The maximum Gasteiger partial charge on any atom is 0.338 e. The number of hydrogen-bond acceptors (Lipinski definition) is 4. The van der Waals surface area contributed by atoms with Crippen molar-refractivity contribution in [3.63, 3.8) is 0 Å². The summed E-state index contributed by atoms with van der Waals surface area (Å²) in [5.74, 6) is -0.804. The molecule has 0 saturated carbocycles. The number of ether oxygens (including phenoxy) is 2. The van der Waals surface area contributed by atoms with Crippen molar-refractivity contribution in [3.05, 3.63) is 33.8 Å². The average molecular weight is 301 g/mol. The first kappa shape index (κ1) is 13.7. The minimum absolute atomic E-state index is 0.0585. The quantitative estimate of drug-likeness (QED) is 0.802. The summed E-state index contributed by atoms with van der Waals surface area (Å²) in [6.45, 7) is 3.43. The number of halogens is 1. The fraction of sp³-hybridized carbons (Fsp3) is 0.333. The summed E-state index contributed by atoms with van der Waals surface area (Å²) < 4.78 is 10.6. The Balaban J connectivity index is 2.94. The molecule has 17 heavy (non-hydrogen) atoms. The van der Waals surface area contributed by atoms with E-state index in [-0.39, 0.29) is 12.6 Å². The molecule has 0 unspecified atom stereocenters. The highest BCUT2D eigenvalue weighted by Crippen LogP contribution is 2.18. The van der Waals surface area contributed by atoms with Gasteiger partial charge in [0, 0.05) is 17.0 Å². The molecule has 0 spiro atoms. The standard InChI is InChI=1S/C12H13BrO4/c1-3-16-12(15)11-5-4-10(13)6-9(11)7-17-8(2)14/h4-6H,3,7H2,1-2H3. The van der Waals surface area contributed by atoms with Crippen LogP contribution in [0.5, 0.6) is 0 Å². The summed E-state index contributed by atoms with van der Waals surface area (Å²) in [5, 5.41) is 0. The van der Waals surface area contributed by atoms with E-state index in [9.17, 15) is 9.59 Å². The van der Waals surface area contributed by atoms with E-state index in [1.807, 2.05) is 0 Å². The van der Waals surface area contributed by atoms with Gasteiger partial charge in [0.1, 0.15) is 6.61 Å². The molecule has 1 aromatic rings. The lowest BCUT2D eigenvalue weighted by Gasteiger charge is -2.09. The molecule has 0 amide bonds. The molecule has 0 aliphatic carbocycles. The van der Waals surface area contributed by atoms with Crippen molar-refractivity contribution in [1.82, 2.24) is 0 Å². The average Bonchev–Trinajstić information content (AvgIpc) is 2.26. The maximum atomic E-state index is 11.6. The van der Waals surface area contributed by atoms with Crippen molar-refractivity contribution in [2.24, 2.45) is 0 Å². The summed E-state index contributed by atoms with van der Waals surface area (Å²) in [6.07, 6.45) is 0. The van der Waals surface area contributed by atoms with E-state index in [1.54, 1.807) is 25.1 Å². The molecule has 0 aliphatic rings. The molecule has 0 atom stereocenters. The van der Waals surface area contributed by atoms with Gasteiger partial charge in [-0.1, -0.05) is 15.9 Å². The fourth-order valence-electron chi connectivity index (χ4n) is 1.27. The Morgan fingerprint density at radius 1 is 1.29 bits per heavy atom. The van der Waals surface area contributed by atoms with E-state index in [2.05, 4.69) is 15.9 Å². The second kappa shape index (κ2) is 6.39. The lowest BCUT2D eigenvalue weighted by atomic mass is 10.1. The molecular formula is C12H13BrO4. The Labute approximate surface area is 108 Å². The predicted octanol–water partition coefficient (Wildman–Crippen LogP) is 2.69. The van der Waals surface area contributed by atoms with Gasteiger partial charge in [0.2, 0.25) is 0 Å². The normalized spacial score (nSPS) is 9.82. The molecule has 0 radical (unpaired) electrons. The van der Waals surface area contributed by atoms with Crippen LogP contribution >= 0.6 is 15.9 Å². The van der Waals surface area contributed by atoms with Gasteiger partial charge in [-0.3, -0.25) is 4.79 Å². The number of rotatable bonds is 4. The van der Waals surface area contributed by atoms with Gasteiger partial charge in [0.05, 0.1) is 12.2 Å². The molecule has 0 aromatic heterocycles. The van der Waals surface area contributed by atoms with E-state index in [0.29, 0.717) is 17.7 Å². The molecule has 1 aromatic carbocycles. The second-order valence-corrected chi connectivity index (χ2v) is 4.22.